The Morgan fingerprint density at radius 3 is 2.27 bits per heavy atom. The van der Waals surface area contributed by atoms with E-state index in [1.54, 1.807) is 14.0 Å². The molecule has 0 amide bonds. The average molecular weight is 219 g/mol. The van der Waals surface area contributed by atoms with Crippen molar-refractivity contribution in [1.82, 2.24) is 5.32 Å². The number of methoxy groups -OCH3 is 1. The van der Waals surface area contributed by atoms with E-state index in [9.17, 15) is 5.11 Å². The lowest BCUT2D eigenvalue weighted by atomic mass is 9.99. The molecule has 0 heterocycles. The van der Waals surface area contributed by atoms with Gasteiger partial charge in [-0.15, -0.1) is 0 Å². The Morgan fingerprint density at radius 2 is 1.87 bits per heavy atom. The molecule has 0 aliphatic rings. The molecule has 0 aromatic rings. The standard InChI is InChI=1S/C11H25NO3/c1-9(6-10(2,3)15-5)12-7-11(4,14)8-13/h9,12-14H,6-8H2,1-5H3. The quantitative estimate of drug-likeness (QED) is 0.584. The zero-order valence-electron chi connectivity index (χ0n) is 10.5. The molecule has 0 aromatic carbocycles. The molecule has 0 bridgehead atoms. The van der Waals surface area contributed by atoms with Crippen LogP contribution in [0.2, 0.25) is 0 Å². The second kappa shape index (κ2) is 5.80. The lowest BCUT2D eigenvalue weighted by molar-refractivity contribution is -0.00978. The first-order chi connectivity index (χ1) is 6.72. The maximum atomic E-state index is 9.58. The first-order valence-electron chi connectivity index (χ1n) is 5.34. The molecule has 0 aliphatic carbocycles. The molecule has 0 rings (SSSR count). The normalized spacial score (nSPS) is 18.6. The molecule has 2 atom stereocenters. The van der Waals surface area contributed by atoms with Gasteiger partial charge in [-0.25, -0.2) is 0 Å². The molecule has 0 saturated heterocycles. The molecule has 0 saturated carbocycles. The van der Waals surface area contributed by atoms with Crippen molar-refractivity contribution < 1.29 is 14.9 Å². The Hall–Kier alpha value is -0.160. The van der Waals surface area contributed by atoms with Crippen LogP contribution in [0.4, 0.5) is 0 Å². The average Bonchev–Trinajstić information content (AvgIpc) is 2.15. The Kier molecular flexibility index (Phi) is 5.73. The van der Waals surface area contributed by atoms with Crippen molar-refractivity contribution in [1.29, 1.82) is 0 Å². The summed E-state index contributed by atoms with van der Waals surface area (Å²) in [6.45, 7) is 7.83. The smallest absolute Gasteiger partial charge is 0.0972 e. The number of aliphatic hydroxyl groups is 2. The van der Waals surface area contributed by atoms with Crippen LogP contribution in [-0.4, -0.2) is 47.7 Å². The van der Waals surface area contributed by atoms with Crippen molar-refractivity contribution in [2.75, 3.05) is 20.3 Å². The Labute approximate surface area is 92.6 Å². The zero-order valence-corrected chi connectivity index (χ0v) is 10.5. The summed E-state index contributed by atoms with van der Waals surface area (Å²) in [6, 6.07) is 0.234. The van der Waals surface area contributed by atoms with Crippen LogP contribution in [0.3, 0.4) is 0 Å². The van der Waals surface area contributed by atoms with E-state index in [-0.39, 0.29) is 18.2 Å². The molecule has 92 valence electrons. The monoisotopic (exact) mass is 219 g/mol. The minimum Gasteiger partial charge on any atom is -0.393 e. The van der Waals surface area contributed by atoms with Crippen molar-refractivity contribution in [3.63, 3.8) is 0 Å². The van der Waals surface area contributed by atoms with Crippen molar-refractivity contribution in [3.8, 4) is 0 Å². The van der Waals surface area contributed by atoms with E-state index >= 15 is 0 Å². The van der Waals surface area contributed by atoms with Gasteiger partial charge in [-0.05, 0) is 34.1 Å². The van der Waals surface area contributed by atoms with Gasteiger partial charge >= 0.3 is 0 Å². The molecule has 0 aromatic heterocycles. The van der Waals surface area contributed by atoms with E-state index in [1.807, 2.05) is 20.8 Å². The second-order valence-electron chi connectivity index (χ2n) is 5.10. The number of hydrogen-bond donors (Lipinski definition) is 3. The Morgan fingerprint density at radius 1 is 1.33 bits per heavy atom. The highest BCUT2D eigenvalue weighted by Crippen LogP contribution is 2.15. The molecule has 0 fully saturated rings. The van der Waals surface area contributed by atoms with Gasteiger partial charge < -0.3 is 20.3 Å². The predicted octanol–water partition coefficient (Wildman–Crippen LogP) is 0.523. The van der Waals surface area contributed by atoms with Crippen LogP contribution in [0.1, 0.15) is 34.1 Å². The minimum atomic E-state index is -1.05. The topological polar surface area (TPSA) is 61.7 Å². The number of aliphatic hydroxyl groups excluding tert-OH is 1. The number of ether oxygens (including phenoxy) is 1. The predicted molar refractivity (Wildman–Crippen MR) is 60.9 cm³/mol. The highest BCUT2D eigenvalue weighted by molar-refractivity contribution is 4.80. The van der Waals surface area contributed by atoms with Crippen LogP contribution in [0.25, 0.3) is 0 Å². The van der Waals surface area contributed by atoms with Crippen LogP contribution < -0.4 is 5.32 Å². The van der Waals surface area contributed by atoms with Crippen molar-refractivity contribution in [2.45, 2.75) is 51.4 Å². The summed E-state index contributed by atoms with van der Waals surface area (Å²) in [5, 5.41) is 21.6. The first-order valence-corrected chi connectivity index (χ1v) is 5.34. The van der Waals surface area contributed by atoms with Crippen LogP contribution >= 0.6 is 0 Å². The summed E-state index contributed by atoms with van der Waals surface area (Å²) in [5.74, 6) is 0. The fourth-order valence-electron chi connectivity index (χ4n) is 1.34. The van der Waals surface area contributed by atoms with Gasteiger partial charge in [0.1, 0.15) is 0 Å². The third-order valence-electron chi connectivity index (χ3n) is 2.52. The van der Waals surface area contributed by atoms with Gasteiger partial charge in [0.15, 0.2) is 0 Å². The first kappa shape index (κ1) is 14.8. The number of nitrogens with one attached hydrogen (secondary N) is 1. The molecule has 15 heavy (non-hydrogen) atoms. The fraction of sp³-hybridized carbons (Fsp3) is 1.00. The summed E-state index contributed by atoms with van der Waals surface area (Å²) >= 11 is 0. The van der Waals surface area contributed by atoms with Gasteiger partial charge in [0.05, 0.1) is 17.8 Å². The SMILES string of the molecule is COC(C)(C)CC(C)NCC(C)(O)CO. The second-order valence-corrected chi connectivity index (χ2v) is 5.10. The van der Waals surface area contributed by atoms with Crippen LogP contribution in [0.15, 0.2) is 0 Å². The molecular weight excluding hydrogens is 194 g/mol. The van der Waals surface area contributed by atoms with Gasteiger partial charge in [-0.2, -0.15) is 0 Å². The number of rotatable bonds is 7. The molecule has 2 unspecified atom stereocenters. The summed E-state index contributed by atoms with van der Waals surface area (Å²) in [6.07, 6.45) is 0.852. The highest BCUT2D eigenvalue weighted by Gasteiger charge is 2.23. The van der Waals surface area contributed by atoms with Gasteiger partial charge in [0.2, 0.25) is 0 Å². The summed E-state index contributed by atoms with van der Waals surface area (Å²) in [4.78, 5) is 0. The maximum Gasteiger partial charge on any atom is 0.0972 e. The van der Waals surface area contributed by atoms with Crippen molar-refractivity contribution >= 4 is 0 Å². The van der Waals surface area contributed by atoms with Gasteiger partial charge in [-0.3, -0.25) is 0 Å². The molecule has 0 aliphatic heterocycles. The van der Waals surface area contributed by atoms with E-state index in [0.717, 1.165) is 6.42 Å². The molecular formula is C11H25NO3. The maximum absolute atomic E-state index is 9.58. The highest BCUT2D eigenvalue weighted by atomic mass is 16.5. The van der Waals surface area contributed by atoms with Gasteiger partial charge in [-0.1, -0.05) is 0 Å². The summed E-state index contributed by atoms with van der Waals surface area (Å²) < 4.78 is 5.31. The van der Waals surface area contributed by atoms with E-state index in [1.165, 1.54) is 0 Å². The Bertz CT molecular complexity index is 181. The van der Waals surface area contributed by atoms with Gasteiger partial charge in [0, 0.05) is 19.7 Å². The van der Waals surface area contributed by atoms with E-state index in [4.69, 9.17) is 9.84 Å². The Balaban J connectivity index is 3.90. The molecule has 4 heteroatoms. The molecule has 3 N–H and O–H groups in total. The van der Waals surface area contributed by atoms with Crippen LogP contribution in [-0.2, 0) is 4.74 Å². The molecule has 4 nitrogen and oxygen atoms in total. The summed E-state index contributed by atoms with van der Waals surface area (Å²) in [5.41, 5.74) is -1.22. The van der Waals surface area contributed by atoms with E-state index in [2.05, 4.69) is 5.32 Å². The third kappa shape index (κ3) is 6.84. The lowest BCUT2D eigenvalue weighted by Gasteiger charge is -2.29. The van der Waals surface area contributed by atoms with Crippen LogP contribution in [0, 0.1) is 0 Å². The minimum absolute atomic E-state index is 0.169. The zero-order chi connectivity index (χ0) is 12.1. The summed E-state index contributed by atoms with van der Waals surface area (Å²) in [7, 11) is 1.69. The van der Waals surface area contributed by atoms with E-state index in [0.29, 0.717) is 6.54 Å². The fourth-order valence-corrected chi connectivity index (χ4v) is 1.34. The molecule has 0 spiro atoms. The largest absolute Gasteiger partial charge is 0.393 e. The van der Waals surface area contributed by atoms with Crippen molar-refractivity contribution in [2.24, 2.45) is 0 Å². The lowest BCUT2D eigenvalue weighted by Crippen LogP contribution is -2.46. The van der Waals surface area contributed by atoms with Crippen molar-refractivity contribution in [3.05, 3.63) is 0 Å². The van der Waals surface area contributed by atoms with Gasteiger partial charge in [0.25, 0.3) is 0 Å². The van der Waals surface area contributed by atoms with Crippen LogP contribution in [0.5, 0.6) is 0 Å². The van der Waals surface area contributed by atoms with E-state index < -0.39 is 5.60 Å². The number of hydrogen-bond acceptors (Lipinski definition) is 4. The molecule has 0 radical (unpaired) electrons. The third-order valence-corrected chi connectivity index (χ3v) is 2.52.